The first-order valence-corrected chi connectivity index (χ1v) is 12.8. The highest BCUT2D eigenvalue weighted by Gasteiger charge is 2.22. The van der Waals surface area contributed by atoms with Crippen molar-refractivity contribution >= 4 is 27.7 Å². The molecule has 0 aliphatic carbocycles. The Labute approximate surface area is 178 Å². The standard InChI is InChI=1S/C20H32N4O3S2/c1-3-18-15-24(10-12-28-18)20(21-2)22-13-16-6-8-19(9-7-16)29(25,26)23-14-17-5-4-11-27-17/h6-9,17-18,23H,3-5,10-15H2,1-2H3,(H,21,22). The van der Waals surface area contributed by atoms with Gasteiger partial charge in [-0.05, 0) is 37.0 Å². The summed E-state index contributed by atoms with van der Waals surface area (Å²) in [6.45, 7) is 5.88. The molecule has 9 heteroatoms. The van der Waals surface area contributed by atoms with Crippen molar-refractivity contribution in [2.75, 3.05) is 39.0 Å². The molecule has 0 bridgehead atoms. The van der Waals surface area contributed by atoms with Gasteiger partial charge in [-0.3, -0.25) is 4.99 Å². The maximum atomic E-state index is 12.5. The second kappa shape index (κ2) is 10.7. The zero-order chi connectivity index (χ0) is 20.7. The number of ether oxygens (including phenoxy) is 1. The number of rotatable bonds is 7. The largest absolute Gasteiger partial charge is 0.377 e. The van der Waals surface area contributed by atoms with Gasteiger partial charge < -0.3 is 15.0 Å². The number of benzene rings is 1. The number of nitrogens with zero attached hydrogens (tertiary/aromatic N) is 2. The van der Waals surface area contributed by atoms with Gasteiger partial charge >= 0.3 is 0 Å². The van der Waals surface area contributed by atoms with Crippen molar-refractivity contribution in [1.82, 2.24) is 14.9 Å². The van der Waals surface area contributed by atoms with Crippen LogP contribution in [0.15, 0.2) is 34.2 Å². The number of nitrogens with one attached hydrogen (secondary N) is 2. The van der Waals surface area contributed by atoms with Crippen LogP contribution in [-0.4, -0.2) is 69.7 Å². The Kier molecular flexibility index (Phi) is 8.23. The predicted molar refractivity (Wildman–Crippen MR) is 119 cm³/mol. The topological polar surface area (TPSA) is 83.0 Å². The molecule has 0 spiro atoms. The van der Waals surface area contributed by atoms with Crippen molar-refractivity contribution in [3.05, 3.63) is 29.8 Å². The van der Waals surface area contributed by atoms with Gasteiger partial charge in [0.2, 0.25) is 10.0 Å². The Morgan fingerprint density at radius 2 is 2.14 bits per heavy atom. The summed E-state index contributed by atoms with van der Waals surface area (Å²) in [5.41, 5.74) is 1.02. The van der Waals surface area contributed by atoms with Crippen LogP contribution in [0.5, 0.6) is 0 Å². The zero-order valence-electron chi connectivity index (χ0n) is 17.3. The third-order valence-electron chi connectivity index (χ3n) is 5.31. The molecule has 29 heavy (non-hydrogen) atoms. The van der Waals surface area contributed by atoms with E-state index in [0.717, 1.165) is 49.6 Å². The molecule has 2 aliphatic heterocycles. The average molecular weight is 441 g/mol. The molecule has 2 saturated heterocycles. The molecule has 0 radical (unpaired) electrons. The third-order valence-corrected chi connectivity index (χ3v) is 8.13. The van der Waals surface area contributed by atoms with Gasteiger partial charge in [-0.2, -0.15) is 11.8 Å². The summed E-state index contributed by atoms with van der Waals surface area (Å²) in [4.78, 5) is 7.00. The molecule has 7 nitrogen and oxygen atoms in total. The van der Waals surface area contributed by atoms with E-state index in [0.29, 0.717) is 24.9 Å². The minimum absolute atomic E-state index is 0.0134. The number of aliphatic imine (C=N–C) groups is 1. The van der Waals surface area contributed by atoms with Gasteiger partial charge in [0, 0.05) is 50.8 Å². The Bertz CT molecular complexity index is 777. The quantitative estimate of drug-likeness (QED) is 0.499. The van der Waals surface area contributed by atoms with E-state index >= 15 is 0 Å². The summed E-state index contributed by atoms with van der Waals surface area (Å²) in [5.74, 6) is 2.02. The summed E-state index contributed by atoms with van der Waals surface area (Å²) in [6, 6.07) is 7.01. The Hall–Kier alpha value is -1.29. The fourth-order valence-electron chi connectivity index (χ4n) is 3.55. The molecule has 0 aromatic heterocycles. The van der Waals surface area contributed by atoms with Crippen molar-refractivity contribution in [3.8, 4) is 0 Å². The summed E-state index contributed by atoms with van der Waals surface area (Å²) in [5, 5.41) is 4.05. The summed E-state index contributed by atoms with van der Waals surface area (Å²) >= 11 is 2.03. The molecular weight excluding hydrogens is 408 g/mol. The van der Waals surface area contributed by atoms with Gasteiger partial charge in [0.05, 0.1) is 11.0 Å². The smallest absolute Gasteiger partial charge is 0.240 e. The number of thioether (sulfide) groups is 1. The summed E-state index contributed by atoms with van der Waals surface area (Å²) < 4.78 is 33.1. The van der Waals surface area contributed by atoms with E-state index in [9.17, 15) is 8.42 Å². The lowest BCUT2D eigenvalue weighted by Crippen LogP contribution is -2.47. The third kappa shape index (κ3) is 6.34. The first-order chi connectivity index (χ1) is 14.0. The summed E-state index contributed by atoms with van der Waals surface area (Å²) in [6.07, 6.45) is 3.05. The van der Waals surface area contributed by atoms with Crippen LogP contribution in [0.4, 0.5) is 0 Å². The van der Waals surface area contributed by atoms with Crippen LogP contribution in [0, 0.1) is 0 Å². The normalized spacial score (nSPS) is 23.4. The van der Waals surface area contributed by atoms with Gasteiger partial charge in [-0.1, -0.05) is 19.1 Å². The summed E-state index contributed by atoms with van der Waals surface area (Å²) in [7, 11) is -1.71. The number of guanidine groups is 1. The molecule has 3 rings (SSSR count). The molecule has 1 aromatic rings. The monoisotopic (exact) mass is 440 g/mol. The maximum Gasteiger partial charge on any atom is 0.240 e. The fraction of sp³-hybridized carbons (Fsp3) is 0.650. The van der Waals surface area contributed by atoms with Crippen molar-refractivity contribution in [1.29, 1.82) is 0 Å². The van der Waals surface area contributed by atoms with Gasteiger partial charge in [0.25, 0.3) is 0 Å². The second-order valence-corrected chi connectivity index (χ2v) is 10.6. The van der Waals surface area contributed by atoms with Gasteiger partial charge in [-0.25, -0.2) is 13.1 Å². The van der Waals surface area contributed by atoms with Gasteiger partial charge in [0.15, 0.2) is 5.96 Å². The molecule has 2 aliphatic rings. The van der Waals surface area contributed by atoms with E-state index < -0.39 is 10.0 Å². The highest BCUT2D eigenvalue weighted by molar-refractivity contribution is 8.00. The zero-order valence-corrected chi connectivity index (χ0v) is 18.9. The minimum atomic E-state index is -3.51. The van der Waals surface area contributed by atoms with E-state index in [4.69, 9.17) is 4.74 Å². The number of hydrogen-bond donors (Lipinski definition) is 2. The molecule has 162 valence electrons. The minimum Gasteiger partial charge on any atom is -0.377 e. The van der Waals surface area contributed by atoms with Gasteiger partial charge in [0.1, 0.15) is 0 Å². The second-order valence-electron chi connectivity index (χ2n) is 7.38. The van der Waals surface area contributed by atoms with E-state index in [1.165, 1.54) is 0 Å². The van der Waals surface area contributed by atoms with Crippen molar-refractivity contribution in [2.24, 2.45) is 4.99 Å². The van der Waals surface area contributed by atoms with Crippen molar-refractivity contribution < 1.29 is 13.2 Å². The lowest BCUT2D eigenvalue weighted by Gasteiger charge is -2.34. The highest BCUT2D eigenvalue weighted by Crippen LogP contribution is 2.21. The van der Waals surface area contributed by atoms with Crippen LogP contribution in [0.3, 0.4) is 0 Å². The molecule has 2 heterocycles. The van der Waals surface area contributed by atoms with Crippen LogP contribution in [0.2, 0.25) is 0 Å². The molecule has 2 fully saturated rings. The predicted octanol–water partition coefficient (Wildman–Crippen LogP) is 2.05. The van der Waals surface area contributed by atoms with E-state index in [1.54, 1.807) is 19.2 Å². The molecule has 2 atom stereocenters. The van der Waals surface area contributed by atoms with Crippen molar-refractivity contribution in [2.45, 2.75) is 49.0 Å². The molecule has 1 aromatic carbocycles. The lowest BCUT2D eigenvalue weighted by molar-refractivity contribution is 0.114. The molecule has 0 amide bonds. The van der Waals surface area contributed by atoms with Crippen molar-refractivity contribution in [3.63, 3.8) is 0 Å². The van der Waals surface area contributed by atoms with E-state index in [1.807, 2.05) is 23.9 Å². The van der Waals surface area contributed by atoms with Crippen LogP contribution in [-0.2, 0) is 21.3 Å². The lowest BCUT2D eigenvalue weighted by atomic mass is 10.2. The maximum absolute atomic E-state index is 12.5. The van der Waals surface area contributed by atoms with E-state index in [2.05, 4.69) is 26.9 Å². The van der Waals surface area contributed by atoms with Crippen LogP contribution in [0.1, 0.15) is 31.7 Å². The van der Waals surface area contributed by atoms with Gasteiger partial charge in [-0.15, -0.1) is 0 Å². The fourth-order valence-corrected chi connectivity index (χ4v) is 5.80. The Balaban J connectivity index is 1.52. The SMILES string of the molecule is CCC1CN(C(=NC)NCc2ccc(S(=O)(=O)NCC3CCCO3)cc2)CCS1. The number of sulfonamides is 1. The average Bonchev–Trinajstić information content (AvgIpc) is 3.27. The first kappa shape index (κ1) is 22.4. The molecule has 2 unspecified atom stereocenters. The Morgan fingerprint density at radius 3 is 2.79 bits per heavy atom. The highest BCUT2D eigenvalue weighted by atomic mass is 32.2. The molecule has 2 N–H and O–H groups in total. The number of hydrogen-bond acceptors (Lipinski definition) is 5. The molecule has 0 saturated carbocycles. The van der Waals surface area contributed by atoms with E-state index in [-0.39, 0.29) is 11.0 Å². The Morgan fingerprint density at radius 1 is 1.34 bits per heavy atom. The molecular formula is C20H32N4O3S2. The van der Waals surface area contributed by atoms with Crippen LogP contribution in [0.25, 0.3) is 0 Å². The van der Waals surface area contributed by atoms with Crippen LogP contribution >= 0.6 is 11.8 Å². The van der Waals surface area contributed by atoms with Crippen LogP contribution < -0.4 is 10.0 Å². The first-order valence-electron chi connectivity index (χ1n) is 10.3.